The van der Waals surface area contributed by atoms with Gasteiger partial charge in [-0.3, -0.25) is 19.5 Å². The van der Waals surface area contributed by atoms with Gasteiger partial charge >= 0.3 is 6.03 Å². The van der Waals surface area contributed by atoms with Crippen molar-refractivity contribution in [1.29, 1.82) is 0 Å². The number of nitrogens with one attached hydrogen (secondary N) is 1. The van der Waals surface area contributed by atoms with Gasteiger partial charge in [-0.15, -0.1) is 11.3 Å². The van der Waals surface area contributed by atoms with Gasteiger partial charge in [0.15, 0.2) is 5.01 Å². The van der Waals surface area contributed by atoms with Gasteiger partial charge in [-0.2, -0.15) is 0 Å². The molecule has 4 rings (SSSR count). The number of nitrogens with zero attached hydrogens (tertiary/aromatic N) is 3. The van der Waals surface area contributed by atoms with Crippen molar-refractivity contribution < 1.29 is 23.2 Å². The molecule has 0 atom stereocenters. The van der Waals surface area contributed by atoms with Crippen LogP contribution in [0.3, 0.4) is 0 Å². The molecule has 1 saturated carbocycles. The molecule has 1 N–H and O–H groups in total. The fourth-order valence-corrected chi connectivity index (χ4v) is 4.98. The molecule has 0 aromatic carbocycles. The number of rotatable bonds is 4. The van der Waals surface area contributed by atoms with Gasteiger partial charge in [-0.25, -0.2) is 18.6 Å². The highest BCUT2D eigenvalue weighted by atomic mass is 32.1. The number of amides is 3. The number of halogens is 2. The van der Waals surface area contributed by atoms with E-state index in [1.54, 1.807) is 19.2 Å². The first kappa shape index (κ1) is 20.5. The number of imide groups is 1. The number of aryl methyl sites for hydroxylation is 2. The Morgan fingerprint density at radius 1 is 1.20 bits per heavy atom. The monoisotopic (exact) mass is 434 g/mol. The first-order chi connectivity index (χ1) is 14.1. The highest BCUT2D eigenvalue weighted by Crippen LogP contribution is 2.41. The topological polar surface area (TPSA) is 92.3 Å². The van der Waals surface area contributed by atoms with Crippen LogP contribution in [0.1, 0.15) is 46.9 Å². The second-order valence-electron chi connectivity index (χ2n) is 7.75. The average molecular weight is 434 g/mol. The minimum Gasteiger partial charge on any atom is -0.323 e. The molecule has 2 aromatic rings. The Bertz CT molecular complexity index is 1040. The molecule has 2 fully saturated rings. The second-order valence-corrected chi connectivity index (χ2v) is 8.75. The molecule has 2 aliphatic rings. The molecule has 30 heavy (non-hydrogen) atoms. The standard InChI is InChI=1S/C20H20F2N4O3S/c1-11-13(4-3-9-23-11)15-12(2)24-16(30-15)14(27)10-26-17(28)19(25-18(26)29)5-7-20(21,22)8-6-19/h3-4,9H,5-8,10H2,1-2H3,(H,25,29). The summed E-state index contributed by atoms with van der Waals surface area (Å²) in [6.45, 7) is 3.16. The quantitative estimate of drug-likeness (QED) is 0.587. The van der Waals surface area contributed by atoms with Crippen LogP contribution in [0.15, 0.2) is 18.3 Å². The number of urea groups is 1. The molecule has 0 unspecified atom stereocenters. The summed E-state index contributed by atoms with van der Waals surface area (Å²) >= 11 is 1.18. The lowest BCUT2D eigenvalue weighted by atomic mass is 9.80. The van der Waals surface area contributed by atoms with Gasteiger partial charge < -0.3 is 5.32 Å². The Balaban J connectivity index is 1.52. The van der Waals surface area contributed by atoms with Crippen LogP contribution < -0.4 is 5.32 Å². The molecule has 158 valence electrons. The van der Waals surface area contributed by atoms with Gasteiger partial charge in [-0.1, -0.05) is 6.07 Å². The Labute approximate surface area is 175 Å². The zero-order valence-electron chi connectivity index (χ0n) is 16.5. The minimum absolute atomic E-state index is 0.143. The number of hydrogen-bond acceptors (Lipinski definition) is 6. The van der Waals surface area contributed by atoms with E-state index in [4.69, 9.17) is 0 Å². The van der Waals surface area contributed by atoms with Crippen molar-refractivity contribution in [3.63, 3.8) is 0 Å². The summed E-state index contributed by atoms with van der Waals surface area (Å²) in [5, 5.41) is 2.72. The third-order valence-corrected chi connectivity index (χ3v) is 6.90. The number of ketones is 1. The Kier molecular flexibility index (Phi) is 4.92. The predicted molar refractivity (Wildman–Crippen MR) is 106 cm³/mol. The molecule has 2 aromatic heterocycles. The predicted octanol–water partition coefficient (Wildman–Crippen LogP) is 3.50. The average Bonchev–Trinajstić information content (AvgIpc) is 3.18. The largest absolute Gasteiger partial charge is 0.325 e. The number of aromatic nitrogens is 2. The van der Waals surface area contributed by atoms with Crippen molar-refractivity contribution in [2.75, 3.05) is 6.54 Å². The summed E-state index contributed by atoms with van der Waals surface area (Å²) in [5.74, 6) is -3.93. The molecule has 10 heteroatoms. The van der Waals surface area contributed by atoms with E-state index in [0.717, 1.165) is 21.0 Å². The Morgan fingerprint density at radius 3 is 2.57 bits per heavy atom. The molecule has 0 bridgehead atoms. The summed E-state index contributed by atoms with van der Waals surface area (Å²) < 4.78 is 27.0. The lowest BCUT2D eigenvalue weighted by Gasteiger charge is -2.34. The van der Waals surface area contributed by atoms with Gasteiger partial charge in [0.1, 0.15) is 5.54 Å². The minimum atomic E-state index is -2.83. The molecular weight excluding hydrogens is 414 g/mol. The smallest absolute Gasteiger partial charge is 0.323 e. The number of alkyl halides is 2. The van der Waals surface area contributed by atoms with Gasteiger partial charge in [-0.05, 0) is 32.8 Å². The highest BCUT2D eigenvalue weighted by Gasteiger charge is 2.55. The van der Waals surface area contributed by atoms with Gasteiger partial charge in [0.2, 0.25) is 11.7 Å². The molecular formula is C20H20F2N4O3S. The van der Waals surface area contributed by atoms with Crippen LogP contribution in [0.5, 0.6) is 0 Å². The van der Waals surface area contributed by atoms with Crippen LogP contribution in [-0.2, 0) is 4.79 Å². The number of thiazole rings is 1. The normalized spacial score (nSPS) is 19.9. The molecule has 3 amide bonds. The van der Waals surface area contributed by atoms with Crippen molar-refractivity contribution in [2.24, 2.45) is 0 Å². The number of Topliss-reactive ketones (excluding diaryl/α,β-unsaturated/α-hetero) is 1. The van der Waals surface area contributed by atoms with E-state index in [-0.39, 0.29) is 17.8 Å². The summed E-state index contributed by atoms with van der Waals surface area (Å²) in [6.07, 6.45) is 0.447. The van der Waals surface area contributed by atoms with Crippen molar-refractivity contribution in [3.8, 4) is 10.4 Å². The lowest BCUT2D eigenvalue weighted by molar-refractivity contribution is -0.135. The number of carbonyl (C=O) groups excluding carboxylic acids is 3. The molecule has 1 aliphatic carbocycles. The van der Waals surface area contributed by atoms with E-state index in [2.05, 4.69) is 15.3 Å². The SMILES string of the molecule is Cc1ncccc1-c1sc(C(=O)CN2C(=O)NC3(CCC(F)(F)CC3)C2=O)nc1C. The number of pyridine rings is 1. The van der Waals surface area contributed by atoms with E-state index >= 15 is 0 Å². The first-order valence-electron chi connectivity index (χ1n) is 9.56. The van der Waals surface area contributed by atoms with Gasteiger partial charge in [0.25, 0.3) is 5.91 Å². The zero-order valence-corrected chi connectivity index (χ0v) is 17.3. The Morgan fingerprint density at radius 2 is 1.90 bits per heavy atom. The first-order valence-corrected chi connectivity index (χ1v) is 10.4. The van der Waals surface area contributed by atoms with Crippen molar-refractivity contribution in [2.45, 2.75) is 51.0 Å². The summed E-state index contributed by atoms with van der Waals surface area (Å²) in [7, 11) is 0. The maximum Gasteiger partial charge on any atom is 0.325 e. The second kappa shape index (κ2) is 7.19. The van der Waals surface area contributed by atoms with Crippen LogP contribution >= 0.6 is 11.3 Å². The van der Waals surface area contributed by atoms with Crippen molar-refractivity contribution in [3.05, 3.63) is 34.7 Å². The van der Waals surface area contributed by atoms with E-state index in [1.165, 1.54) is 11.3 Å². The zero-order chi connectivity index (χ0) is 21.7. The third kappa shape index (κ3) is 3.49. The van der Waals surface area contributed by atoms with Crippen LogP contribution in [0.4, 0.5) is 13.6 Å². The van der Waals surface area contributed by atoms with E-state index in [9.17, 15) is 23.2 Å². The summed E-state index contributed by atoms with van der Waals surface area (Å²) in [5.41, 5.74) is 0.982. The van der Waals surface area contributed by atoms with Crippen LogP contribution in [0, 0.1) is 13.8 Å². The maximum atomic E-state index is 13.5. The van der Waals surface area contributed by atoms with E-state index in [1.807, 2.05) is 13.0 Å². The highest BCUT2D eigenvalue weighted by molar-refractivity contribution is 7.17. The molecule has 0 radical (unpaired) electrons. The molecule has 1 aliphatic heterocycles. The number of hydrogen-bond donors (Lipinski definition) is 1. The maximum absolute atomic E-state index is 13.5. The van der Waals surface area contributed by atoms with Crippen molar-refractivity contribution >= 4 is 29.1 Å². The Hall–Kier alpha value is -2.75. The number of carbonyl (C=O) groups is 3. The van der Waals surface area contributed by atoms with Crippen LogP contribution in [0.2, 0.25) is 0 Å². The molecule has 7 nitrogen and oxygen atoms in total. The molecule has 3 heterocycles. The lowest BCUT2D eigenvalue weighted by Crippen LogP contribution is -2.51. The third-order valence-electron chi connectivity index (χ3n) is 5.67. The van der Waals surface area contributed by atoms with Gasteiger partial charge in [0, 0.05) is 30.3 Å². The summed E-state index contributed by atoms with van der Waals surface area (Å²) in [4.78, 5) is 48.1. The van der Waals surface area contributed by atoms with E-state index < -0.39 is 48.6 Å². The van der Waals surface area contributed by atoms with Crippen molar-refractivity contribution in [1.82, 2.24) is 20.2 Å². The van der Waals surface area contributed by atoms with E-state index in [0.29, 0.717) is 5.69 Å². The fourth-order valence-electron chi connectivity index (χ4n) is 3.90. The fraction of sp³-hybridized carbons (Fsp3) is 0.450. The molecule has 1 saturated heterocycles. The molecule has 1 spiro atoms. The van der Waals surface area contributed by atoms with Crippen LogP contribution in [0.25, 0.3) is 10.4 Å². The summed E-state index contributed by atoms with van der Waals surface area (Å²) in [6, 6.07) is 2.95. The van der Waals surface area contributed by atoms with Crippen LogP contribution in [-0.4, -0.2) is 50.6 Å². The van der Waals surface area contributed by atoms with Gasteiger partial charge in [0.05, 0.1) is 17.1 Å².